The van der Waals surface area contributed by atoms with Gasteiger partial charge in [-0.25, -0.2) is 4.98 Å². The molecule has 3 aromatic rings. The number of para-hydroxylation sites is 2. The van der Waals surface area contributed by atoms with Crippen LogP contribution in [0.4, 0.5) is 5.69 Å². The van der Waals surface area contributed by atoms with Gasteiger partial charge in [0.1, 0.15) is 5.75 Å². The highest BCUT2D eigenvalue weighted by Crippen LogP contribution is 2.27. The fraction of sp³-hybridized carbons (Fsp3) is 0.222. The molecule has 0 radical (unpaired) electrons. The molecular weight excluding hydrogens is 322 g/mol. The largest absolute Gasteiger partial charge is 0.497 e. The van der Waals surface area contributed by atoms with Crippen LogP contribution in [-0.4, -0.2) is 27.8 Å². The Balaban J connectivity index is 1.69. The zero-order chi connectivity index (χ0) is 17.1. The number of amides is 1. The van der Waals surface area contributed by atoms with E-state index in [2.05, 4.69) is 10.3 Å². The van der Waals surface area contributed by atoms with Crippen LogP contribution in [0.2, 0.25) is 0 Å². The fourth-order valence-corrected chi connectivity index (χ4v) is 3.25. The Hall–Kier alpha value is -2.47. The first-order chi connectivity index (χ1) is 11.6. The van der Waals surface area contributed by atoms with E-state index >= 15 is 0 Å². The van der Waals surface area contributed by atoms with Crippen LogP contribution < -0.4 is 10.1 Å². The van der Waals surface area contributed by atoms with Crippen LogP contribution in [0.5, 0.6) is 5.75 Å². The summed E-state index contributed by atoms with van der Waals surface area (Å²) in [7, 11) is 3.58. The Bertz CT molecular complexity index is 858. The number of rotatable bonds is 5. The molecule has 1 N–H and O–H groups in total. The molecule has 24 heavy (non-hydrogen) atoms. The third-order valence-electron chi connectivity index (χ3n) is 3.76. The lowest BCUT2D eigenvalue weighted by atomic mass is 10.3. The molecule has 0 fully saturated rings. The summed E-state index contributed by atoms with van der Waals surface area (Å²) in [5.41, 5.74) is 2.74. The number of nitrogens with one attached hydrogen (secondary N) is 1. The quantitative estimate of drug-likeness (QED) is 0.719. The highest BCUT2D eigenvalue weighted by Gasteiger charge is 2.18. The molecule has 0 aliphatic rings. The smallest absolute Gasteiger partial charge is 0.237 e. The molecule has 124 valence electrons. The number of carbonyl (C=O) groups excluding carboxylic acids is 1. The minimum absolute atomic E-state index is 0.0581. The van der Waals surface area contributed by atoms with Gasteiger partial charge in [0.05, 0.1) is 23.4 Å². The molecule has 1 heterocycles. The first-order valence-corrected chi connectivity index (χ1v) is 8.49. The average Bonchev–Trinajstić information content (AvgIpc) is 2.92. The second-order valence-electron chi connectivity index (χ2n) is 5.42. The van der Waals surface area contributed by atoms with Crippen LogP contribution in [0.15, 0.2) is 53.7 Å². The second-order valence-corrected chi connectivity index (χ2v) is 6.73. The third kappa shape index (κ3) is 3.38. The van der Waals surface area contributed by atoms with Crippen LogP contribution in [0.25, 0.3) is 11.0 Å². The van der Waals surface area contributed by atoms with Crippen molar-refractivity contribution in [3.8, 4) is 5.75 Å². The van der Waals surface area contributed by atoms with Crippen molar-refractivity contribution >= 4 is 34.4 Å². The monoisotopic (exact) mass is 341 g/mol. The van der Waals surface area contributed by atoms with E-state index in [0.717, 1.165) is 27.6 Å². The van der Waals surface area contributed by atoms with Gasteiger partial charge in [0.2, 0.25) is 5.91 Å². The number of aryl methyl sites for hydroxylation is 1. The minimum Gasteiger partial charge on any atom is -0.497 e. The average molecular weight is 341 g/mol. The lowest BCUT2D eigenvalue weighted by Crippen LogP contribution is -2.22. The number of nitrogens with zero attached hydrogens (tertiary/aromatic N) is 2. The van der Waals surface area contributed by atoms with Crippen molar-refractivity contribution in [2.45, 2.75) is 17.3 Å². The van der Waals surface area contributed by atoms with Gasteiger partial charge in [-0.1, -0.05) is 23.9 Å². The van der Waals surface area contributed by atoms with E-state index in [0.29, 0.717) is 0 Å². The maximum Gasteiger partial charge on any atom is 0.237 e. The predicted octanol–water partition coefficient (Wildman–Crippen LogP) is 3.70. The number of imidazole rings is 1. The number of carbonyl (C=O) groups is 1. The number of hydrogen-bond acceptors (Lipinski definition) is 4. The highest BCUT2D eigenvalue weighted by atomic mass is 32.2. The minimum atomic E-state index is -0.261. The number of methoxy groups -OCH3 is 1. The molecule has 0 spiro atoms. The fourth-order valence-electron chi connectivity index (χ4n) is 2.36. The number of thioether (sulfide) groups is 1. The van der Waals surface area contributed by atoms with E-state index in [1.807, 2.05) is 67.1 Å². The number of anilines is 1. The van der Waals surface area contributed by atoms with Crippen molar-refractivity contribution in [2.24, 2.45) is 7.05 Å². The topological polar surface area (TPSA) is 56.1 Å². The summed E-state index contributed by atoms with van der Waals surface area (Å²) in [5, 5.41) is 3.48. The number of aromatic nitrogens is 2. The first-order valence-electron chi connectivity index (χ1n) is 7.61. The van der Waals surface area contributed by atoms with Crippen molar-refractivity contribution in [3.63, 3.8) is 0 Å². The predicted molar refractivity (Wildman–Crippen MR) is 97.7 cm³/mol. The van der Waals surface area contributed by atoms with Gasteiger partial charge in [-0.15, -0.1) is 0 Å². The van der Waals surface area contributed by atoms with Crippen molar-refractivity contribution in [2.75, 3.05) is 12.4 Å². The van der Waals surface area contributed by atoms with Crippen LogP contribution in [0, 0.1) is 0 Å². The number of hydrogen-bond donors (Lipinski definition) is 1. The summed E-state index contributed by atoms with van der Waals surface area (Å²) in [6.45, 7) is 1.88. The zero-order valence-corrected chi connectivity index (χ0v) is 14.6. The molecule has 1 amide bonds. The van der Waals surface area contributed by atoms with Crippen LogP contribution >= 0.6 is 11.8 Å². The van der Waals surface area contributed by atoms with Crippen LogP contribution in [0.3, 0.4) is 0 Å². The van der Waals surface area contributed by atoms with Gasteiger partial charge in [0.25, 0.3) is 0 Å². The van der Waals surface area contributed by atoms with Gasteiger partial charge in [-0.05, 0) is 43.3 Å². The Kier molecular flexibility index (Phi) is 4.76. The van der Waals surface area contributed by atoms with Gasteiger partial charge < -0.3 is 14.6 Å². The Labute approximate surface area is 145 Å². The first kappa shape index (κ1) is 16.4. The SMILES string of the molecule is COc1ccc(NC(=O)C(C)Sc2nc3ccccc3n2C)cc1. The van der Waals surface area contributed by atoms with Crippen molar-refractivity contribution in [3.05, 3.63) is 48.5 Å². The lowest BCUT2D eigenvalue weighted by molar-refractivity contribution is -0.115. The standard InChI is InChI=1S/C18H19N3O2S/c1-12(17(22)19-13-8-10-14(23-3)11-9-13)24-18-20-15-6-4-5-7-16(15)21(18)2/h4-12H,1-3H3,(H,19,22). The number of benzene rings is 2. The van der Waals surface area contributed by atoms with Crippen LogP contribution in [-0.2, 0) is 11.8 Å². The molecule has 2 aromatic carbocycles. The molecule has 1 aromatic heterocycles. The highest BCUT2D eigenvalue weighted by molar-refractivity contribution is 8.00. The number of ether oxygens (including phenoxy) is 1. The van der Waals surface area contributed by atoms with E-state index in [4.69, 9.17) is 4.74 Å². The summed E-state index contributed by atoms with van der Waals surface area (Å²) in [6, 6.07) is 15.2. The molecule has 0 saturated carbocycles. The van der Waals surface area contributed by atoms with Crippen molar-refractivity contribution in [1.82, 2.24) is 9.55 Å². The molecule has 0 bridgehead atoms. The van der Waals surface area contributed by atoms with Crippen LogP contribution in [0.1, 0.15) is 6.92 Å². The van der Waals surface area contributed by atoms with Gasteiger partial charge >= 0.3 is 0 Å². The van der Waals surface area contributed by atoms with Gasteiger partial charge in [-0.2, -0.15) is 0 Å². The molecule has 0 saturated heterocycles. The molecule has 1 atom stereocenters. The zero-order valence-electron chi connectivity index (χ0n) is 13.8. The molecule has 0 aliphatic heterocycles. The molecule has 0 aliphatic carbocycles. The van der Waals surface area contributed by atoms with E-state index < -0.39 is 0 Å². The molecule has 5 nitrogen and oxygen atoms in total. The number of fused-ring (bicyclic) bond motifs is 1. The molecule has 3 rings (SSSR count). The lowest BCUT2D eigenvalue weighted by Gasteiger charge is -2.12. The normalized spacial score (nSPS) is 12.1. The Morgan fingerprint density at radius 3 is 2.58 bits per heavy atom. The van der Waals surface area contributed by atoms with Gasteiger partial charge in [0, 0.05) is 12.7 Å². The van der Waals surface area contributed by atoms with Gasteiger partial charge in [0.15, 0.2) is 5.16 Å². The van der Waals surface area contributed by atoms with Gasteiger partial charge in [-0.3, -0.25) is 4.79 Å². The maximum atomic E-state index is 12.4. The van der Waals surface area contributed by atoms with E-state index in [1.165, 1.54) is 11.8 Å². The van der Waals surface area contributed by atoms with E-state index in [1.54, 1.807) is 7.11 Å². The third-order valence-corrected chi connectivity index (χ3v) is 4.90. The van der Waals surface area contributed by atoms with E-state index in [-0.39, 0.29) is 11.2 Å². The Morgan fingerprint density at radius 2 is 1.92 bits per heavy atom. The molecule has 6 heteroatoms. The van der Waals surface area contributed by atoms with Crippen molar-refractivity contribution < 1.29 is 9.53 Å². The van der Waals surface area contributed by atoms with Crippen molar-refractivity contribution in [1.29, 1.82) is 0 Å². The summed E-state index contributed by atoms with van der Waals surface area (Å²) in [4.78, 5) is 17.0. The summed E-state index contributed by atoms with van der Waals surface area (Å²) >= 11 is 1.45. The maximum absolute atomic E-state index is 12.4. The summed E-state index contributed by atoms with van der Waals surface area (Å²) in [5.74, 6) is 0.701. The summed E-state index contributed by atoms with van der Waals surface area (Å²) < 4.78 is 7.13. The molecular formula is C18H19N3O2S. The second kappa shape index (κ2) is 6.97. The Morgan fingerprint density at radius 1 is 1.21 bits per heavy atom. The molecule has 1 unspecified atom stereocenters. The summed E-state index contributed by atoms with van der Waals surface area (Å²) in [6.07, 6.45) is 0. The van der Waals surface area contributed by atoms with E-state index in [9.17, 15) is 4.79 Å².